The summed E-state index contributed by atoms with van der Waals surface area (Å²) in [6, 6.07) is 0. The molecule has 1 rings (SSSR count). The van der Waals surface area contributed by atoms with Crippen LogP contribution in [0.15, 0.2) is 0 Å². The van der Waals surface area contributed by atoms with Crippen molar-refractivity contribution in [3.8, 4) is 0 Å². The Morgan fingerprint density at radius 1 is 1.27 bits per heavy atom. The number of carbonyl (C=O) groups is 2. The van der Waals surface area contributed by atoms with Crippen LogP contribution in [0, 0.1) is 11.3 Å². The fraction of sp³-hybridized carbons (Fsp3) is 0.833. The number of ether oxygens (including phenoxy) is 1. The summed E-state index contributed by atoms with van der Waals surface area (Å²) in [4.78, 5) is 23.5. The molecule has 15 heavy (non-hydrogen) atoms. The van der Waals surface area contributed by atoms with Crippen molar-refractivity contribution in [2.45, 2.75) is 53.1 Å². The normalized spacial score (nSPS) is 20.6. The molecule has 1 unspecified atom stereocenters. The van der Waals surface area contributed by atoms with E-state index in [0.717, 1.165) is 12.8 Å². The number of Topliss-reactive ketones (excluding diaryl/α,β-unsaturated/α-hetero) is 1. The number of hydrogen-bond donors (Lipinski definition) is 0. The van der Waals surface area contributed by atoms with E-state index in [9.17, 15) is 9.59 Å². The van der Waals surface area contributed by atoms with Gasteiger partial charge in [0.15, 0.2) is 5.78 Å². The van der Waals surface area contributed by atoms with Crippen LogP contribution in [0.25, 0.3) is 0 Å². The van der Waals surface area contributed by atoms with Gasteiger partial charge in [0.25, 0.3) is 0 Å². The zero-order valence-corrected chi connectivity index (χ0v) is 10.2. The molecule has 0 aromatic carbocycles. The molecule has 1 atom stereocenters. The van der Waals surface area contributed by atoms with Gasteiger partial charge in [0.2, 0.25) is 0 Å². The van der Waals surface area contributed by atoms with Gasteiger partial charge in [0.05, 0.1) is 0 Å². The second-order valence-electron chi connectivity index (χ2n) is 5.68. The third kappa shape index (κ3) is 3.05. The molecule has 0 radical (unpaired) electrons. The van der Waals surface area contributed by atoms with E-state index in [-0.39, 0.29) is 11.2 Å². The fourth-order valence-electron chi connectivity index (χ4n) is 1.45. The van der Waals surface area contributed by atoms with Crippen LogP contribution in [0.3, 0.4) is 0 Å². The van der Waals surface area contributed by atoms with E-state index in [2.05, 4.69) is 0 Å². The highest BCUT2D eigenvalue weighted by Crippen LogP contribution is 2.47. The minimum atomic E-state index is -0.628. The van der Waals surface area contributed by atoms with Crippen LogP contribution >= 0.6 is 0 Å². The topological polar surface area (TPSA) is 43.4 Å². The number of ketones is 1. The van der Waals surface area contributed by atoms with Gasteiger partial charge in [-0.1, -0.05) is 6.92 Å². The van der Waals surface area contributed by atoms with Crippen LogP contribution < -0.4 is 0 Å². The molecule has 0 spiro atoms. The van der Waals surface area contributed by atoms with E-state index < -0.39 is 17.5 Å². The van der Waals surface area contributed by atoms with Crippen LogP contribution in [-0.4, -0.2) is 17.4 Å². The van der Waals surface area contributed by atoms with Crippen molar-refractivity contribution in [3.05, 3.63) is 0 Å². The molecule has 1 fully saturated rings. The predicted molar refractivity (Wildman–Crippen MR) is 57.4 cm³/mol. The third-order valence-electron chi connectivity index (χ3n) is 2.75. The monoisotopic (exact) mass is 212 g/mol. The molecule has 0 bridgehead atoms. The third-order valence-corrected chi connectivity index (χ3v) is 2.75. The molecule has 86 valence electrons. The van der Waals surface area contributed by atoms with Crippen molar-refractivity contribution < 1.29 is 14.3 Å². The molecule has 0 amide bonds. The Morgan fingerprint density at radius 2 is 1.73 bits per heavy atom. The standard InChI is InChI=1S/C12H20O3/c1-8(9(13)12(5)6-7-12)10(14)15-11(2,3)4/h8H,6-7H2,1-5H3. The molecule has 1 aliphatic carbocycles. The molecular formula is C12H20O3. The van der Waals surface area contributed by atoms with Gasteiger partial charge < -0.3 is 4.74 Å². The maximum absolute atomic E-state index is 11.9. The van der Waals surface area contributed by atoms with E-state index >= 15 is 0 Å². The van der Waals surface area contributed by atoms with Crippen LogP contribution in [-0.2, 0) is 14.3 Å². The smallest absolute Gasteiger partial charge is 0.316 e. The first kappa shape index (κ1) is 12.2. The molecule has 0 aromatic rings. The zero-order valence-electron chi connectivity index (χ0n) is 10.2. The SMILES string of the molecule is CC(C(=O)OC(C)(C)C)C(=O)C1(C)CC1. The van der Waals surface area contributed by atoms with Crippen LogP contribution in [0.4, 0.5) is 0 Å². The zero-order chi connectivity index (χ0) is 11.9. The second-order valence-corrected chi connectivity index (χ2v) is 5.68. The summed E-state index contributed by atoms with van der Waals surface area (Å²) in [6.45, 7) is 8.97. The number of esters is 1. The van der Waals surface area contributed by atoms with Crippen molar-refractivity contribution in [2.24, 2.45) is 11.3 Å². The fourth-order valence-corrected chi connectivity index (χ4v) is 1.45. The first-order valence-corrected chi connectivity index (χ1v) is 5.43. The van der Waals surface area contributed by atoms with Gasteiger partial charge in [-0.15, -0.1) is 0 Å². The lowest BCUT2D eigenvalue weighted by molar-refractivity contribution is -0.162. The van der Waals surface area contributed by atoms with Gasteiger partial charge in [-0.3, -0.25) is 9.59 Å². The van der Waals surface area contributed by atoms with E-state index in [1.807, 2.05) is 6.92 Å². The van der Waals surface area contributed by atoms with Gasteiger partial charge in [0.1, 0.15) is 11.5 Å². The van der Waals surface area contributed by atoms with E-state index in [1.54, 1.807) is 27.7 Å². The summed E-state index contributed by atoms with van der Waals surface area (Å²) in [6.07, 6.45) is 1.80. The number of hydrogen-bond acceptors (Lipinski definition) is 3. The maximum Gasteiger partial charge on any atom is 0.316 e. The summed E-state index contributed by atoms with van der Waals surface area (Å²) in [7, 11) is 0. The molecule has 3 heteroatoms. The summed E-state index contributed by atoms with van der Waals surface area (Å²) in [5.41, 5.74) is -0.771. The van der Waals surface area contributed by atoms with Crippen molar-refractivity contribution >= 4 is 11.8 Å². The lowest BCUT2D eigenvalue weighted by atomic mass is 9.93. The van der Waals surface area contributed by atoms with Gasteiger partial charge in [-0.05, 0) is 40.5 Å². The molecule has 3 nitrogen and oxygen atoms in total. The Hall–Kier alpha value is -0.860. The summed E-state index contributed by atoms with van der Waals surface area (Å²) < 4.78 is 5.18. The van der Waals surface area contributed by atoms with Gasteiger partial charge in [-0.25, -0.2) is 0 Å². The molecule has 1 saturated carbocycles. The average molecular weight is 212 g/mol. The molecule has 0 N–H and O–H groups in total. The summed E-state index contributed by atoms with van der Waals surface area (Å²) in [5, 5.41) is 0. The molecule has 1 aliphatic rings. The molecular weight excluding hydrogens is 192 g/mol. The molecule has 0 saturated heterocycles. The highest BCUT2D eigenvalue weighted by molar-refractivity contribution is 6.02. The largest absolute Gasteiger partial charge is 0.459 e. The van der Waals surface area contributed by atoms with Gasteiger partial charge in [-0.2, -0.15) is 0 Å². The van der Waals surface area contributed by atoms with Gasteiger partial charge >= 0.3 is 5.97 Å². The number of rotatable bonds is 3. The van der Waals surface area contributed by atoms with Crippen LogP contribution in [0.1, 0.15) is 47.5 Å². The van der Waals surface area contributed by atoms with E-state index in [1.165, 1.54) is 0 Å². The number of carbonyl (C=O) groups excluding carboxylic acids is 2. The second kappa shape index (κ2) is 3.62. The van der Waals surface area contributed by atoms with Crippen molar-refractivity contribution in [1.82, 2.24) is 0 Å². The quantitative estimate of drug-likeness (QED) is 0.532. The predicted octanol–water partition coefficient (Wildman–Crippen LogP) is 2.33. The van der Waals surface area contributed by atoms with Crippen LogP contribution in [0.5, 0.6) is 0 Å². The van der Waals surface area contributed by atoms with Gasteiger partial charge in [0, 0.05) is 5.41 Å². The minimum absolute atomic E-state index is 0.0248. The molecule has 0 aliphatic heterocycles. The maximum atomic E-state index is 11.9. The Labute approximate surface area is 91.2 Å². The Balaban J connectivity index is 2.57. The first-order chi connectivity index (χ1) is 6.66. The first-order valence-electron chi connectivity index (χ1n) is 5.43. The Morgan fingerprint density at radius 3 is 2.07 bits per heavy atom. The Bertz CT molecular complexity index is 282. The lowest BCUT2D eigenvalue weighted by Crippen LogP contribution is -2.33. The summed E-state index contributed by atoms with van der Waals surface area (Å²) in [5.74, 6) is -1.01. The van der Waals surface area contributed by atoms with Crippen molar-refractivity contribution in [2.75, 3.05) is 0 Å². The van der Waals surface area contributed by atoms with Crippen LogP contribution in [0.2, 0.25) is 0 Å². The van der Waals surface area contributed by atoms with Crippen molar-refractivity contribution in [3.63, 3.8) is 0 Å². The Kier molecular flexibility index (Phi) is 2.94. The average Bonchev–Trinajstić information content (AvgIpc) is 2.79. The van der Waals surface area contributed by atoms with Crippen molar-refractivity contribution in [1.29, 1.82) is 0 Å². The lowest BCUT2D eigenvalue weighted by Gasteiger charge is -2.22. The van der Waals surface area contributed by atoms with E-state index in [4.69, 9.17) is 4.74 Å². The minimum Gasteiger partial charge on any atom is -0.459 e. The molecule has 0 heterocycles. The highest BCUT2D eigenvalue weighted by Gasteiger charge is 2.48. The highest BCUT2D eigenvalue weighted by atomic mass is 16.6. The molecule has 0 aromatic heterocycles. The summed E-state index contributed by atoms with van der Waals surface area (Å²) >= 11 is 0. The van der Waals surface area contributed by atoms with E-state index in [0.29, 0.717) is 0 Å².